The van der Waals surface area contributed by atoms with Gasteiger partial charge in [0.05, 0.1) is 0 Å². The summed E-state index contributed by atoms with van der Waals surface area (Å²) in [6.45, 7) is 1.20. The molecular weight excluding hydrogens is 225 g/mol. The number of nitrogens with one attached hydrogen (secondary N) is 1. The van der Waals surface area contributed by atoms with Crippen molar-refractivity contribution in [3.63, 3.8) is 0 Å². The summed E-state index contributed by atoms with van der Waals surface area (Å²) in [5.74, 6) is 0. The zero-order valence-corrected chi connectivity index (χ0v) is 7.86. The highest BCUT2D eigenvalue weighted by Gasteiger charge is 2.12. The topological polar surface area (TPSA) is 12.0 Å². The molecule has 0 unspecified atom stereocenters. The minimum absolute atomic E-state index is 0.861. The molecule has 0 aromatic rings. The highest BCUT2D eigenvalue weighted by molar-refractivity contribution is 14.1. The van der Waals surface area contributed by atoms with Gasteiger partial charge in [0, 0.05) is 17.0 Å². The van der Waals surface area contributed by atoms with E-state index in [2.05, 4.69) is 27.9 Å². The normalized spacial score (nSPS) is 21.0. The molecule has 1 aliphatic carbocycles. The first-order valence-corrected chi connectivity index (χ1v) is 5.25. The highest BCUT2D eigenvalue weighted by atomic mass is 127. The molecule has 1 N–H and O–H groups in total. The van der Waals surface area contributed by atoms with Crippen LogP contribution in [0.4, 0.5) is 0 Å². The Balaban J connectivity index is 1.98. The molecule has 1 fully saturated rings. The molecule has 0 aromatic carbocycles. The third-order valence-electron chi connectivity index (χ3n) is 1.88. The van der Waals surface area contributed by atoms with Gasteiger partial charge in [0.2, 0.25) is 0 Å². The van der Waals surface area contributed by atoms with Crippen molar-refractivity contribution < 1.29 is 0 Å². The van der Waals surface area contributed by atoms with Gasteiger partial charge < -0.3 is 5.32 Å². The molecule has 0 spiro atoms. The first kappa shape index (κ1) is 7.79. The van der Waals surface area contributed by atoms with Crippen LogP contribution in [0.25, 0.3) is 0 Å². The molecule has 0 radical (unpaired) electrons. The third kappa shape index (κ3) is 2.85. The van der Waals surface area contributed by atoms with Crippen molar-refractivity contribution in [2.45, 2.75) is 31.7 Å². The number of hydrogen-bond acceptors (Lipinski definition) is 1. The smallest absolute Gasteiger partial charge is 0.0121 e. The predicted octanol–water partition coefficient (Wildman–Crippen LogP) is 1.95. The van der Waals surface area contributed by atoms with E-state index in [4.69, 9.17) is 0 Å². The Labute approximate surface area is 70.7 Å². The fourth-order valence-corrected chi connectivity index (χ4v) is 1.70. The molecular formula is C7H14IN. The SMILES string of the molecule is ICCNC1CCCC1. The number of halogens is 1. The van der Waals surface area contributed by atoms with E-state index >= 15 is 0 Å². The van der Waals surface area contributed by atoms with E-state index in [0.29, 0.717) is 0 Å². The second-order valence-corrected chi connectivity index (χ2v) is 3.70. The maximum atomic E-state index is 3.52. The quantitative estimate of drug-likeness (QED) is 0.586. The Morgan fingerprint density at radius 2 is 2.00 bits per heavy atom. The summed E-state index contributed by atoms with van der Waals surface area (Å²) in [6.07, 6.45) is 5.71. The number of rotatable bonds is 3. The lowest BCUT2D eigenvalue weighted by Crippen LogP contribution is -2.27. The standard InChI is InChI=1S/C7H14IN/c8-5-6-9-7-3-1-2-4-7/h7,9H,1-6H2. The van der Waals surface area contributed by atoms with Gasteiger partial charge in [-0.05, 0) is 12.8 Å². The summed E-state index contributed by atoms with van der Waals surface area (Å²) in [6, 6.07) is 0.861. The highest BCUT2D eigenvalue weighted by Crippen LogP contribution is 2.17. The molecule has 1 aliphatic rings. The zero-order valence-electron chi connectivity index (χ0n) is 5.70. The van der Waals surface area contributed by atoms with Gasteiger partial charge in [0.1, 0.15) is 0 Å². The summed E-state index contributed by atoms with van der Waals surface area (Å²) >= 11 is 2.41. The van der Waals surface area contributed by atoms with Crippen molar-refractivity contribution in [2.75, 3.05) is 11.0 Å². The van der Waals surface area contributed by atoms with Gasteiger partial charge in [-0.25, -0.2) is 0 Å². The van der Waals surface area contributed by atoms with Crippen LogP contribution in [-0.2, 0) is 0 Å². The lowest BCUT2D eigenvalue weighted by molar-refractivity contribution is 0.547. The summed E-state index contributed by atoms with van der Waals surface area (Å²) < 4.78 is 1.24. The maximum Gasteiger partial charge on any atom is 0.0121 e. The molecule has 0 amide bonds. The Morgan fingerprint density at radius 1 is 1.33 bits per heavy atom. The van der Waals surface area contributed by atoms with Crippen molar-refractivity contribution >= 4 is 22.6 Å². The van der Waals surface area contributed by atoms with Crippen LogP contribution in [0.3, 0.4) is 0 Å². The molecule has 0 atom stereocenters. The van der Waals surface area contributed by atoms with Crippen LogP contribution in [0.2, 0.25) is 0 Å². The number of hydrogen-bond donors (Lipinski definition) is 1. The Kier molecular flexibility index (Phi) is 3.89. The van der Waals surface area contributed by atoms with Gasteiger partial charge in [-0.2, -0.15) is 0 Å². The van der Waals surface area contributed by atoms with E-state index < -0.39 is 0 Å². The monoisotopic (exact) mass is 239 g/mol. The van der Waals surface area contributed by atoms with Crippen LogP contribution in [0.15, 0.2) is 0 Å². The second-order valence-electron chi connectivity index (χ2n) is 2.62. The van der Waals surface area contributed by atoms with E-state index in [-0.39, 0.29) is 0 Å². The summed E-state index contributed by atoms with van der Waals surface area (Å²) in [5, 5.41) is 3.52. The zero-order chi connectivity index (χ0) is 6.53. The van der Waals surface area contributed by atoms with E-state index in [1.54, 1.807) is 0 Å². The number of alkyl halides is 1. The van der Waals surface area contributed by atoms with Crippen molar-refractivity contribution in [3.05, 3.63) is 0 Å². The van der Waals surface area contributed by atoms with Gasteiger partial charge in [-0.3, -0.25) is 0 Å². The van der Waals surface area contributed by atoms with Crippen molar-refractivity contribution in [3.8, 4) is 0 Å². The van der Waals surface area contributed by atoms with Gasteiger partial charge >= 0.3 is 0 Å². The van der Waals surface area contributed by atoms with Gasteiger partial charge in [0.15, 0.2) is 0 Å². The Morgan fingerprint density at radius 3 is 2.56 bits per heavy atom. The fourth-order valence-electron chi connectivity index (χ4n) is 1.39. The summed E-state index contributed by atoms with van der Waals surface area (Å²) in [4.78, 5) is 0. The second kappa shape index (κ2) is 4.50. The molecule has 0 bridgehead atoms. The molecule has 0 aliphatic heterocycles. The average Bonchev–Trinajstić information content (AvgIpc) is 2.34. The van der Waals surface area contributed by atoms with Crippen LogP contribution in [0, 0.1) is 0 Å². The molecule has 1 rings (SSSR count). The molecule has 2 heteroatoms. The largest absolute Gasteiger partial charge is 0.313 e. The average molecular weight is 239 g/mol. The van der Waals surface area contributed by atoms with E-state index in [1.807, 2.05) is 0 Å². The molecule has 9 heavy (non-hydrogen) atoms. The minimum atomic E-state index is 0.861. The molecule has 0 heterocycles. The minimum Gasteiger partial charge on any atom is -0.313 e. The van der Waals surface area contributed by atoms with E-state index in [0.717, 1.165) is 6.04 Å². The summed E-state index contributed by atoms with van der Waals surface area (Å²) in [7, 11) is 0. The van der Waals surface area contributed by atoms with Crippen LogP contribution in [-0.4, -0.2) is 17.0 Å². The van der Waals surface area contributed by atoms with Crippen LogP contribution in [0.5, 0.6) is 0 Å². The molecule has 54 valence electrons. The first-order valence-electron chi connectivity index (χ1n) is 3.73. The van der Waals surface area contributed by atoms with Crippen LogP contribution in [0.1, 0.15) is 25.7 Å². The fraction of sp³-hybridized carbons (Fsp3) is 1.00. The van der Waals surface area contributed by atoms with E-state index in [1.165, 1.54) is 36.7 Å². The van der Waals surface area contributed by atoms with Gasteiger partial charge in [0.25, 0.3) is 0 Å². The molecule has 1 saturated carbocycles. The van der Waals surface area contributed by atoms with Gasteiger partial charge in [-0.15, -0.1) is 0 Å². The first-order chi connectivity index (χ1) is 4.43. The van der Waals surface area contributed by atoms with Crippen LogP contribution < -0.4 is 5.32 Å². The Hall–Kier alpha value is 0.690. The maximum absolute atomic E-state index is 3.52. The Bertz CT molecular complexity index is 69.3. The van der Waals surface area contributed by atoms with E-state index in [9.17, 15) is 0 Å². The lowest BCUT2D eigenvalue weighted by Gasteiger charge is -2.08. The van der Waals surface area contributed by atoms with Crippen molar-refractivity contribution in [1.29, 1.82) is 0 Å². The molecule has 0 saturated heterocycles. The van der Waals surface area contributed by atoms with Crippen LogP contribution >= 0.6 is 22.6 Å². The summed E-state index contributed by atoms with van der Waals surface area (Å²) in [5.41, 5.74) is 0. The molecule has 0 aromatic heterocycles. The van der Waals surface area contributed by atoms with Crippen molar-refractivity contribution in [2.24, 2.45) is 0 Å². The molecule has 1 nitrogen and oxygen atoms in total. The third-order valence-corrected chi connectivity index (χ3v) is 2.42. The van der Waals surface area contributed by atoms with Gasteiger partial charge in [-0.1, -0.05) is 35.4 Å². The predicted molar refractivity (Wildman–Crippen MR) is 49.1 cm³/mol. The lowest BCUT2D eigenvalue weighted by atomic mass is 10.2. The van der Waals surface area contributed by atoms with Crippen molar-refractivity contribution in [1.82, 2.24) is 5.32 Å².